The highest BCUT2D eigenvalue weighted by molar-refractivity contribution is 7.99. The second-order valence-electron chi connectivity index (χ2n) is 6.78. The van der Waals surface area contributed by atoms with Crippen LogP contribution in [0.15, 0.2) is 29.4 Å². The van der Waals surface area contributed by atoms with E-state index in [4.69, 9.17) is 11.6 Å². The summed E-state index contributed by atoms with van der Waals surface area (Å²) in [7, 11) is 0. The maximum Gasteiger partial charge on any atom is 0.234 e. The van der Waals surface area contributed by atoms with Crippen molar-refractivity contribution in [3.05, 3.63) is 29.3 Å². The Bertz CT molecular complexity index is 768. The van der Waals surface area contributed by atoms with Gasteiger partial charge >= 0.3 is 0 Å². The summed E-state index contributed by atoms with van der Waals surface area (Å²) in [6.07, 6.45) is 6.06. The summed E-state index contributed by atoms with van der Waals surface area (Å²) in [5.74, 6) is 1.24. The number of hydrogen-bond acceptors (Lipinski definition) is 5. The van der Waals surface area contributed by atoms with Crippen molar-refractivity contribution in [2.24, 2.45) is 0 Å². The van der Waals surface area contributed by atoms with Crippen molar-refractivity contribution in [3.8, 4) is 0 Å². The number of thioether (sulfide) groups is 1. The number of halogens is 1. The van der Waals surface area contributed by atoms with E-state index >= 15 is 0 Å². The molecule has 138 valence electrons. The van der Waals surface area contributed by atoms with Crippen molar-refractivity contribution >= 4 is 40.9 Å². The van der Waals surface area contributed by atoms with Gasteiger partial charge in [0.2, 0.25) is 11.9 Å². The van der Waals surface area contributed by atoms with E-state index in [1.807, 2.05) is 0 Å². The van der Waals surface area contributed by atoms with E-state index in [0.29, 0.717) is 16.8 Å². The molecule has 0 atom stereocenters. The van der Waals surface area contributed by atoms with Crippen LogP contribution in [0.3, 0.4) is 0 Å². The first-order valence-electron chi connectivity index (χ1n) is 9.09. The van der Waals surface area contributed by atoms with Crippen molar-refractivity contribution in [2.45, 2.75) is 43.3 Å². The number of carbonyl (C=O) groups is 1. The van der Waals surface area contributed by atoms with Crippen molar-refractivity contribution in [3.63, 3.8) is 0 Å². The molecule has 1 aromatic carbocycles. The molecule has 2 fully saturated rings. The van der Waals surface area contributed by atoms with Gasteiger partial charge in [0.25, 0.3) is 0 Å². The first-order valence-corrected chi connectivity index (χ1v) is 10.4. The molecule has 0 radical (unpaired) electrons. The number of anilines is 2. The molecule has 6 nitrogen and oxygen atoms in total. The second kappa shape index (κ2) is 7.88. The molecule has 1 amide bonds. The first-order chi connectivity index (χ1) is 12.7. The maximum absolute atomic E-state index is 12.2. The van der Waals surface area contributed by atoms with Crippen LogP contribution in [0.4, 0.5) is 11.6 Å². The van der Waals surface area contributed by atoms with Crippen LogP contribution < -0.4 is 10.2 Å². The summed E-state index contributed by atoms with van der Waals surface area (Å²) >= 11 is 7.33. The monoisotopic (exact) mass is 391 g/mol. The number of carbonyl (C=O) groups excluding carboxylic acids is 1. The standard InChI is InChI=1S/C18H22ClN5OS/c19-13-4-6-14(7-5-13)20-16(25)12-26-18-22-21-17(24(18)15-8-9-15)23-10-2-1-3-11-23/h4-7,15H,1-3,8-12H2,(H,20,25). The summed E-state index contributed by atoms with van der Waals surface area (Å²) in [4.78, 5) is 14.6. The average molecular weight is 392 g/mol. The lowest BCUT2D eigenvalue weighted by Crippen LogP contribution is -2.32. The minimum absolute atomic E-state index is 0.0535. The van der Waals surface area contributed by atoms with Crippen molar-refractivity contribution in [1.82, 2.24) is 14.8 Å². The molecule has 8 heteroatoms. The van der Waals surface area contributed by atoms with Gasteiger partial charge in [-0.25, -0.2) is 0 Å². The third kappa shape index (κ3) is 4.15. The maximum atomic E-state index is 12.2. The Morgan fingerprint density at radius 3 is 2.58 bits per heavy atom. The highest BCUT2D eigenvalue weighted by Crippen LogP contribution is 2.41. The Hall–Kier alpha value is -1.73. The molecule has 2 heterocycles. The largest absolute Gasteiger partial charge is 0.341 e. The molecular weight excluding hydrogens is 370 g/mol. The van der Waals surface area contributed by atoms with Crippen LogP contribution in [0.2, 0.25) is 5.02 Å². The van der Waals surface area contributed by atoms with Gasteiger partial charge in [0.15, 0.2) is 5.16 Å². The minimum Gasteiger partial charge on any atom is -0.341 e. The quantitative estimate of drug-likeness (QED) is 0.754. The Morgan fingerprint density at radius 1 is 1.15 bits per heavy atom. The topological polar surface area (TPSA) is 63.1 Å². The predicted octanol–water partition coefficient (Wildman–Crippen LogP) is 3.99. The Labute approximate surface area is 162 Å². The molecule has 1 aliphatic heterocycles. The summed E-state index contributed by atoms with van der Waals surface area (Å²) in [6.45, 7) is 2.10. The fourth-order valence-corrected chi connectivity index (χ4v) is 4.12. The van der Waals surface area contributed by atoms with Gasteiger partial charge in [0, 0.05) is 29.8 Å². The van der Waals surface area contributed by atoms with Gasteiger partial charge in [0.05, 0.1) is 5.75 Å². The van der Waals surface area contributed by atoms with E-state index in [1.54, 1.807) is 24.3 Å². The number of rotatable bonds is 6. The first kappa shape index (κ1) is 17.7. The number of aromatic nitrogens is 3. The molecule has 1 aromatic heterocycles. The van der Waals surface area contributed by atoms with Crippen molar-refractivity contribution < 1.29 is 4.79 Å². The van der Waals surface area contributed by atoms with E-state index in [2.05, 4.69) is 25.0 Å². The Morgan fingerprint density at radius 2 is 1.88 bits per heavy atom. The van der Waals surface area contributed by atoms with Crippen LogP contribution in [0, 0.1) is 0 Å². The van der Waals surface area contributed by atoms with Crippen LogP contribution in [0.25, 0.3) is 0 Å². The Kier molecular flexibility index (Phi) is 5.36. The van der Waals surface area contributed by atoms with Gasteiger partial charge in [-0.3, -0.25) is 9.36 Å². The van der Waals surface area contributed by atoms with Crippen LogP contribution in [-0.4, -0.2) is 39.5 Å². The van der Waals surface area contributed by atoms with Crippen LogP contribution in [-0.2, 0) is 4.79 Å². The molecule has 0 bridgehead atoms. The van der Waals surface area contributed by atoms with Crippen molar-refractivity contribution in [2.75, 3.05) is 29.1 Å². The number of amides is 1. The van der Waals surface area contributed by atoms with E-state index in [1.165, 1.54) is 43.9 Å². The van der Waals surface area contributed by atoms with Gasteiger partial charge in [-0.2, -0.15) is 0 Å². The van der Waals surface area contributed by atoms with E-state index in [9.17, 15) is 4.79 Å². The highest BCUT2D eigenvalue weighted by Gasteiger charge is 2.32. The molecule has 1 N–H and O–H groups in total. The second-order valence-corrected chi connectivity index (χ2v) is 8.15. The number of hydrogen-bond donors (Lipinski definition) is 1. The molecule has 4 rings (SSSR count). The molecule has 1 saturated carbocycles. The van der Waals surface area contributed by atoms with Gasteiger partial charge in [-0.05, 0) is 56.4 Å². The fraction of sp³-hybridized carbons (Fsp3) is 0.500. The van der Waals surface area contributed by atoms with Gasteiger partial charge < -0.3 is 10.2 Å². The zero-order valence-corrected chi connectivity index (χ0v) is 16.1. The molecule has 0 spiro atoms. The summed E-state index contributed by atoms with van der Waals surface area (Å²) in [6, 6.07) is 7.61. The summed E-state index contributed by atoms with van der Waals surface area (Å²) in [5, 5.41) is 13.2. The van der Waals surface area contributed by atoms with Gasteiger partial charge in [-0.1, -0.05) is 23.4 Å². The lowest BCUT2D eigenvalue weighted by atomic mass is 10.1. The van der Waals surface area contributed by atoms with Crippen LogP contribution in [0.1, 0.15) is 38.1 Å². The Balaban J connectivity index is 1.40. The number of nitrogens with zero attached hydrogens (tertiary/aromatic N) is 4. The average Bonchev–Trinajstić information content (AvgIpc) is 3.41. The highest BCUT2D eigenvalue weighted by atomic mass is 35.5. The normalized spacial score (nSPS) is 17.3. The lowest BCUT2D eigenvalue weighted by Gasteiger charge is -2.27. The van der Waals surface area contributed by atoms with E-state index < -0.39 is 0 Å². The predicted molar refractivity (Wildman–Crippen MR) is 105 cm³/mol. The van der Waals surface area contributed by atoms with E-state index in [-0.39, 0.29) is 5.91 Å². The van der Waals surface area contributed by atoms with Crippen LogP contribution in [0.5, 0.6) is 0 Å². The summed E-state index contributed by atoms with van der Waals surface area (Å²) in [5.41, 5.74) is 0.748. The molecule has 0 unspecified atom stereocenters. The molecular formula is C18H22ClN5OS. The van der Waals surface area contributed by atoms with Crippen LogP contribution >= 0.6 is 23.4 Å². The lowest BCUT2D eigenvalue weighted by molar-refractivity contribution is -0.113. The van der Waals surface area contributed by atoms with Crippen molar-refractivity contribution in [1.29, 1.82) is 0 Å². The smallest absolute Gasteiger partial charge is 0.234 e. The SMILES string of the molecule is O=C(CSc1nnc(N2CCCCC2)n1C1CC1)Nc1ccc(Cl)cc1. The molecule has 1 saturated heterocycles. The minimum atomic E-state index is -0.0535. The van der Waals surface area contributed by atoms with E-state index in [0.717, 1.165) is 29.9 Å². The molecule has 1 aliphatic carbocycles. The third-order valence-electron chi connectivity index (χ3n) is 4.66. The number of benzene rings is 1. The zero-order chi connectivity index (χ0) is 17.9. The number of piperidine rings is 1. The number of nitrogens with one attached hydrogen (secondary N) is 1. The molecule has 2 aliphatic rings. The fourth-order valence-electron chi connectivity index (χ4n) is 3.19. The molecule has 2 aromatic rings. The third-order valence-corrected chi connectivity index (χ3v) is 5.85. The van der Waals surface area contributed by atoms with Gasteiger partial charge in [0.1, 0.15) is 0 Å². The molecule has 26 heavy (non-hydrogen) atoms. The van der Waals surface area contributed by atoms with Gasteiger partial charge in [-0.15, -0.1) is 10.2 Å². The zero-order valence-electron chi connectivity index (χ0n) is 14.5. The summed E-state index contributed by atoms with van der Waals surface area (Å²) < 4.78 is 2.24.